The number of carbonyl (C=O) groups excluding carboxylic acids is 1. The number of aromatic nitrogens is 3. The summed E-state index contributed by atoms with van der Waals surface area (Å²) in [6.07, 6.45) is 0.511. The average Bonchev–Trinajstić information content (AvgIpc) is 3.15. The molecule has 0 spiro atoms. The SMILES string of the molecule is Cc1ccc(-c2nnc(SCC(=O)N(C)[C@@H]3CCS(=O)(=O)C3)n2C)cc1. The number of aryl methyl sites for hydroxylation is 1. The Hall–Kier alpha value is -1.87. The van der Waals surface area contributed by atoms with Crippen molar-refractivity contribution in [3.8, 4) is 11.4 Å². The molecule has 2 heterocycles. The fraction of sp³-hybridized carbons (Fsp3) is 0.471. The Morgan fingerprint density at radius 2 is 2.00 bits per heavy atom. The minimum atomic E-state index is -3.01. The Kier molecular flexibility index (Phi) is 5.38. The molecule has 1 aliphatic rings. The van der Waals surface area contributed by atoms with Crippen molar-refractivity contribution in [3.05, 3.63) is 29.8 Å². The van der Waals surface area contributed by atoms with Crippen molar-refractivity contribution in [1.29, 1.82) is 0 Å². The fourth-order valence-corrected chi connectivity index (χ4v) is 5.52. The van der Waals surface area contributed by atoms with Gasteiger partial charge >= 0.3 is 0 Å². The van der Waals surface area contributed by atoms with Gasteiger partial charge in [0.05, 0.1) is 17.3 Å². The molecule has 140 valence electrons. The van der Waals surface area contributed by atoms with Crippen LogP contribution in [0.5, 0.6) is 0 Å². The van der Waals surface area contributed by atoms with E-state index in [0.717, 1.165) is 11.4 Å². The van der Waals surface area contributed by atoms with Gasteiger partial charge in [0.25, 0.3) is 0 Å². The lowest BCUT2D eigenvalue weighted by Crippen LogP contribution is -2.38. The molecule has 0 unspecified atom stereocenters. The molecule has 9 heteroatoms. The third kappa shape index (κ3) is 4.09. The first kappa shape index (κ1) is 18.9. The maximum atomic E-state index is 12.4. The molecule has 0 aliphatic carbocycles. The molecule has 7 nitrogen and oxygen atoms in total. The second-order valence-corrected chi connectivity index (χ2v) is 9.75. The van der Waals surface area contributed by atoms with Crippen LogP contribution in [0.15, 0.2) is 29.4 Å². The van der Waals surface area contributed by atoms with E-state index in [9.17, 15) is 13.2 Å². The lowest BCUT2D eigenvalue weighted by Gasteiger charge is -2.23. The monoisotopic (exact) mass is 394 g/mol. The smallest absolute Gasteiger partial charge is 0.233 e. The summed E-state index contributed by atoms with van der Waals surface area (Å²) in [7, 11) is 0.534. The minimum Gasteiger partial charge on any atom is -0.341 e. The first-order valence-corrected chi connectivity index (χ1v) is 11.1. The van der Waals surface area contributed by atoms with E-state index < -0.39 is 9.84 Å². The van der Waals surface area contributed by atoms with Gasteiger partial charge in [-0.15, -0.1) is 10.2 Å². The van der Waals surface area contributed by atoms with Gasteiger partial charge in [0, 0.05) is 25.7 Å². The van der Waals surface area contributed by atoms with E-state index >= 15 is 0 Å². The van der Waals surface area contributed by atoms with Crippen LogP contribution in [0.2, 0.25) is 0 Å². The third-order valence-corrected chi connectivity index (χ3v) is 7.37. The number of carbonyl (C=O) groups is 1. The predicted molar refractivity (Wildman–Crippen MR) is 102 cm³/mol. The molecule has 1 aromatic heterocycles. The lowest BCUT2D eigenvalue weighted by molar-refractivity contribution is -0.128. The molecule has 1 aliphatic heterocycles. The number of thioether (sulfide) groups is 1. The highest BCUT2D eigenvalue weighted by molar-refractivity contribution is 7.99. The van der Waals surface area contributed by atoms with Crippen molar-refractivity contribution in [3.63, 3.8) is 0 Å². The van der Waals surface area contributed by atoms with Gasteiger partial charge in [-0.1, -0.05) is 41.6 Å². The van der Waals surface area contributed by atoms with Gasteiger partial charge in [-0.3, -0.25) is 4.79 Å². The predicted octanol–water partition coefficient (Wildman–Crippen LogP) is 1.53. The van der Waals surface area contributed by atoms with Crippen molar-refractivity contribution in [2.75, 3.05) is 24.3 Å². The number of sulfone groups is 1. The molecule has 1 saturated heterocycles. The zero-order valence-electron chi connectivity index (χ0n) is 15.0. The molecule has 26 heavy (non-hydrogen) atoms. The normalized spacial score (nSPS) is 18.8. The number of hydrogen-bond donors (Lipinski definition) is 0. The molecule has 0 bridgehead atoms. The lowest BCUT2D eigenvalue weighted by atomic mass is 10.1. The Morgan fingerprint density at radius 1 is 1.31 bits per heavy atom. The fourth-order valence-electron chi connectivity index (χ4n) is 2.91. The summed E-state index contributed by atoms with van der Waals surface area (Å²) in [6, 6.07) is 7.80. The Balaban J connectivity index is 1.63. The highest BCUT2D eigenvalue weighted by atomic mass is 32.2. The first-order valence-electron chi connectivity index (χ1n) is 8.32. The van der Waals surface area contributed by atoms with E-state index in [1.165, 1.54) is 17.3 Å². The standard InChI is InChI=1S/C17H22N4O3S2/c1-12-4-6-13(7-5-12)16-18-19-17(21(16)3)25-10-15(22)20(2)14-8-9-26(23,24)11-14/h4-7,14H,8-11H2,1-3H3/t14-/m1/s1. The Labute approximate surface area is 157 Å². The van der Waals surface area contributed by atoms with Crippen LogP contribution in [0, 0.1) is 6.92 Å². The average molecular weight is 395 g/mol. The quantitative estimate of drug-likeness (QED) is 0.715. The maximum Gasteiger partial charge on any atom is 0.233 e. The molecule has 0 radical (unpaired) electrons. The summed E-state index contributed by atoms with van der Waals surface area (Å²) in [5, 5.41) is 9.05. The second-order valence-electron chi connectivity index (χ2n) is 6.58. The third-order valence-electron chi connectivity index (χ3n) is 4.62. The van der Waals surface area contributed by atoms with Crippen LogP contribution >= 0.6 is 11.8 Å². The van der Waals surface area contributed by atoms with Crippen LogP contribution in [-0.2, 0) is 21.7 Å². The number of rotatable bonds is 5. The van der Waals surface area contributed by atoms with Gasteiger partial charge in [-0.2, -0.15) is 0 Å². The van der Waals surface area contributed by atoms with Crippen LogP contribution < -0.4 is 0 Å². The number of nitrogens with zero attached hydrogens (tertiary/aromatic N) is 4. The second kappa shape index (κ2) is 7.40. The summed E-state index contributed by atoms with van der Waals surface area (Å²) in [5.41, 5.74) is 2.14. The molecule has 1 fully saturated rings. The Bertz CT molecular complexity index is 907. The van der Waals surface area contributed by atoms with Gasteiger partial charge in [-0.05, 0) is 13.3 Å². The summed E-state index contributed by atoms with van der Waals surface area (Å²) in [6.45, 7) is 2.03. The van der Waals surface area contributed by atoms with E-state index in [2.05, 4.69) is 10.2 Å². The summed E-state index contributed by atoms with van der Waals surface area (Å²) < 4.78 is 25.0. The van der Waals surface area contributed by atoms with E-state index in [-0.39, 0.29) is 29.2 Å². The molecule has 1 atom stereocenters. The summed E-state index contributed by atoms with van der Waals surface area (Å²) >= 11 is 1.31. The maximum absolute atomic E-state index is 12.4. The molecule has 1 aromatic carbocycles. The highest BCUT2D eigenvalue weighted by Crippen LogP contribution is 2.24. The van der Waals surface area contributed by atoms with Crippen LogP contribution in [0.3, 0.4) is 0 Å². The van der Waals surface area contributed by atoms with E-state index in [1.54, 1.807) is 11.9 Å². The first-order chi connectivity index (χ1) is 12.3. The summed E-state index contributed by atoms with van der Waals surface area (Å²) in [4.78, 5) is 13.9. The molecular weight excluding hydrogens is 372 g/mol. The number of amides is 1. The zero-order chi connectivity index (χ0) is 18.9. The topological polar surface area (TPSA) is 85.2 Å². The van der Waals surface area contributed by atoms with Gasteiger partial charge in [-0.25, -0.2) is 8.42 Å². The van der Waals surface area contributed by atoms with E-state index in [4.69, 9.17) is 0 Å². The molecule has 1 amide bonds. The van der Waals surface area contributed by atoms with Crippen molar-refractivity contribution >= 4 is 27.5 Å². The number of benzene rings is 1. The molecule has 2 aromatic rings. The van der Waals surface area contributed by atoms with Crippen LogP contribution in [-0.4, -0.2) is 64.3 Å². The molecule has 3 rings (SSSR count). The van der Waals surface area contributed by atoms with Crippen molar-refractivity contribution in [2.45, 2.75) is 24.5 Å². The minimum absolute atomic E-state index is 0.0570. The van der Waals surface area contributed by atoms with Gasteiger partial charge in [0.15, 0.2) is 20.8 Å². The van der Waals surface area contributed by atoms with Gasteiger partial charge in [0.1, 0.15) is 0 Å². The highest BCUT2D eigenvalue weighted by Gasteiger charge is 2.32. The van der Waals surface area contributed by atoms with Gasteiger partial charge in [0.2, 0.25) is 5.91 Å². The Morgan fingerprint density at radius 3 is 2.62 bits per heavy atom. The van der Waals surface area contributed by atoms with Gasteiger partial charge < -0.3 is 9.47 Å². The largest absolute Gasteiger partial charge is 0.341 e. The van der Waals surface area contributed by atoms with Crippen molar-refractivity contribution in [2.24, 2.45) is 7.05 Å². The molecule has 0 saturated carbocycles. The zero-order valence-corrected chi connectivity index (χ0v) is 16.7. The van der Waals surface area contributed by atoms with Crippen LogP contribution in [0.1, 0.15) is 12.0 Å². The molecular formula is C17H22N4O3S2. The van der Waals surface area contributed by atoms with Crippen molar-refractivity contribution in [1.82, 2.24) is 19.7 Å². The van der Waals surface area contributed by atoms with Crippen molar-refractivity contribution < 1.29 is 13.2 Å². The summed E-state index contributed by atoms with van der Waals surface area (Å²) in [5.74, 6) is 1.06. The molecule has 0 N–H and O–H groups in total. The number of hydrogen-bond acceptors (Lipinski definition) is 6. The van der Waals surface area contributed by atoms with E-state index in [1.807, 2.05) is 42.8 Å². The van der Waals surface area contributed by atoms with E-state index in [0.29, 0.717) is 11.6 Å². The van der Waals surface area contributed by atoms with Crippen LogP contribution in [0.25, 0.3) is 11.4 Å². The van der Waals surface area contributed by atoms with Crippen LogP contribution in [0.4, 0.5) is 0 Å².